The zero-order chi connectivity index (χ0) is 15.0. The summed E-state index contributed by atoms with van der Waals surface area (Å²) in [6.07, 6.45) is 3.34. The molecule has 0 fully saturated rings. The lowest BCUT2D eigenvalue weighted by atomic mass is 10.0. The fourth-order valence-corrected chi connectivity index (χ4v) is 3.08. The van der Waals surface area contributed by atoms with Crippen molar-refractivity contribution in [3.8, 4) is 5.75 Å². The summed E-state index contributed by atoms with van der Waals surface area (Å²) in [6.45, 7) is 2.87. The van der Waals surface area contributed by atoms with Crippen molar-refractivity contribution in [2.24, 2.45) is 5.92 Å². The van der Waals surface area contributed by atoms with Gasteiger partial charge >= 0.3 is 0 Å². The maximum Gasteiger partial charge on any atom is 0.255 e. The number of carbonyl (C=O) groups is 1. The molecule has 0 saturated heterocycles. The standard InChI is InChI=1S/C15H21Br2NO2/c1-3-4-11(7-8-16)10-18-15(19)13-6-5-12(17)9-14(13)20-2/h5-6,9,11H,3-4,7-8,10H2,1-2H3,(H,18,19). The van der Waals surface area contributed by atoms with E-state index < -0.39 is 0 Å². The van der Waals surface area contributed by atoms with Crippen LogP contribution in [0.3, 0.4) is 0 Å². The number of halogens is 2. The highest BCUT2D eigenvalue weighted by Gasteiger charge is 2.14. The number of methoxy groups -OCH3 is 1. The molecule has 3 nitrogen and oxygen atoms in total. The van der Waals surface area contributed by atoms with Crippen molar-refractivity contribution >= 4 is 37.8 Å². The second-order valence-electron chi connectivity index (χ2n) is 4.69. The van der Waals surface area contributed by atoms with E-state index in [1.165, 1.54) is 0 Å². The summed E-state index contributed by atoms with van der Waals surface area (Å²) in [5, 5.41) is 3.98. The molecule has 0 aliphatic carbocycles. The number of alkyl halides is 1. The SMILES string of the molecule is CCCC(CCBr)CNC(=O)c1ccc(Br)cc1OC. The molecule has 0 bridgehead atoms. The molecule has 1 amide bonds. The van der Waals surface area contributed by atoms with Gasteiger partial charge < -0.3 is 10.1 Å². The fourth-order valence-electron chi connectivity index (χ4n) is 2.10. The van der Waals surface area contributed by atoms with Crippen molar-refractivity contribution in [3.63, 3.8) is 0 Å². The molecule has 0 aliphatic heterocycles. The second-order valence-corrected chi connectivity index (χ2v) is 6.40. The van der Waals surface area contributed by atoms with Gasteiger partial charge in [0.2, 0.25) is 0 Å². The Morgan fingerprint density at radius 2 is 2.15 bits per heavy atom. The van der Waals surface area contributed by atoms with E-state index in [4.69, 9.17) is 4.74 Å². The van der Waals surface area contributed by atoms with E-state index in [1.54, 1.807) is 19.2 Å². The zero-order valence-corrected chi connectivity index (χ0v) is 15.1. The van der Waals surface area contributed by atoms with Gasteiger partial charge in [-0.1, -0.05) is 45.2 Å². The minimum Gasteiger partial charge on any atom is -0.496 e. The van der Waals surface area contributed by atoms with Crippen LogP contribution in [0.15, 0.2) is 22.7 Å². The quantitative estimate of drug-likeness (QED) is 0.650. The van der Waals surface area contributed by atoms with Crippen molar-refractivity contribution in [1.82, 2.24) is 5.32 Å². The smallest absolute Gasteiger partial charge is 0.255 e. The lowest BCUT2D eigenvalue weighted by Gasteiger charge is -2.16. The maximum absolute atomic E-state index is 12.2. The third-order valence-corrected chi connectivity index (χ3v) is 4.12. The molecule has 1 rings (SSSR count). The topological polar surface area (TPSA) is 38.3 Å². The van der Waals surface area contributed by atoms with Crippen molar-refractivity contribution < 1.29 is 9.53 Å². The average molecular weight is 407 g/mol. The first-order valence-corrected chi connectivity index (χ1v) is 8.71. The molecule has 0 heterocycles. The van der Waals surface area contributed by atoms with E-state index in [-0.39, 0.29) is 5.91 Å². The Hall–Kier alpha value is -0.550. The number of rotatable bonds is 8. The first kappa shape index (κ1) is 17.5. The normalized spacial score (nSPS) is 12.0. The predicted octanol–water partition coefficient (Wildman–Crippen LogP) is 4.39. The Balaban J connectivity index is 2.66. The molecule has 1 N–H and O–H groups in total. The van der Waals surface area contributed by atoms with Gasteiger partial charge in [-0.05, 0) is 37.0 Å². The third-order valence-electron chi connectivity index (χ3n) is 3.17. The molecular formula is C15H21Br2NO2. The largest absolute Gasteiger partial charge is 0.496 e. The molecule has 0 spiro atoms. The number of carbonyl (C=O) groups excluding carboxylic acids is 1. The van der Waals surface area contributed by atoms with Crippen LogP contribution in [0, 0.1) is 5.92 Å². The number of nitrogens with one attached hydrogen (secondary N) is 1. The highest BCUT2D eigenvalue weighted by Crippen LogP contribution is 2.23. The Morgan fingerprint density at radius 1 is 1.40 bits per heavy atom. The Bertz CT molecular complexity index is 432. The molecule has 0 radical (unpaired) electrons. The van der Waals surface area contributed by atoms with E-state index in [0.717, 1.165) is 29.1 Å². The molecule has 20 heavy (non-hydrogen) atoms. The fraction of sp³-hybridized carbons (Fsp3) is 0.533. The van der Waals surface area contributed by atoms with E-state index in [0.29, 0.717) is 23.8 Å². The van der Waals surface area contributed by atoms with Crippen molar-refractivity contribution in [1.29, 1.82) is 0 Å². The summed E-state index contributed by atoms with van der Waals surface area (Å²) in [5.41, 5.74) is 0.574. The van der Waals surface area contributed by atoms with Gasteiger partial charge in [0.25, 0.3) is 5.91 Å². The molecule has 5 heteroatoms. The molecule has 0 aromatic heterocycles. The minimum absolute atomic E-state index is 0.0787. The molecule has 1 aromatic rings. The van der Waals surface area contributed by atoms with Crippen LogP contribution < -0.4 is 10.1 Å². The van der Waals surface area contributed by atoms with Gasteiger partial charge in [0.05, 0.1) is 12.7 Å². The van der Waals surface area contributed by atoms with Gasteiger partial charge in [0.15, 0.2) is 0 Å². The summed E-state index contributed by atoms with van der Waals surface area (Å²) >= 11 is 6.84. The molecule has 1 atom stereocenters. The number of ether oxygens (including phenoxy) is 1. The van der Waals surface area contributed by atoms with Gasteiger partial charge in [-0.2, -0.15) is 0 Å². The average Bonchev–Trinajstić information content (AvgIpc) is 2.44. The Labute approximate surface area is 137 Å². The molecule has 1 unspecified atom stereocenters. The summed E-state index contributed by atoms with van der Waals surface area (Å²) in [6, 6.07) is 5.42. The lowest BCUT2D eigenvalue weighted by molar-refractivity contribution is 0.0943. The highest BCUT2D eigenvalue weighted by molar-refractivity contribution is 9.10. The Kier molecular flexibility index (Phi) is 8.22. The number of amides is 1. The summed E-state index contributed by atoms with van der Waals surface area (Å²) < 4.78 is 6.15. The molecular weight excluding hydrogens is 386 g/mol. The summed E-state index contributed by atoms with van der Waals surface area (Å²) in [7, 11) is 1.57. The first-order valence-electron chi connectivity index (χ1n) is 6.80. The van der Waals surface area contributed by atoms with Crippen molar-refractivity contribution in [2.45, 2.75) is 26.2 Å². The van der Waals surface area contributed by atoms with E-state index >= 15 is 0 Å². The maximum atomic E-state index is 12.2. The highest BCUT2D eigenvalue weighted by atomic mass is 79.9. The van der Waals surface area contributed by atoms with E-state index in [2.05, 4.69) is 44.1 Å². The van der Waals surface area contributed by atoms with Gasteiger partial charge in [0, 0.05) is 16.3 Å². The number of hydrogen-bond donors (Lipinski definition) is 1. The molecule has 1 aromatic carbocycles. The van der Waals surface area contributed by atoms with Crippen LogP contribution in [0.25, 0.3) is 0 Å². The Morgan fingerprint density at radius 3 is 2.75 bits per heavy atom. The minimum atomic E-state index is -0.0787. The van der Waals surface area contributed by atoms with Crippen LogP contribution in [0.2, 0.25) is 0 Å². The van der Waals surface area contributed by atoms with Gasteiger partial charge in [0.1, 0.15) is 5.75 Å². The second kappa shape index (κ2) is 9.40. The van der Waals surface area contributed by atoms with Crippen molar-refractivity contribution in [3.05, 3.63) is 28.2 Å². The molecule has 0 aliphatic rings. The van der Waals surface area contributed by atoms with Crippen LogP contribution in [-0.2, 0) is 0 Å². The van der Waals surface area contributed by atoms with E-state index in [9.17, 15) is 4.79 Å². The van der Waals surface area contributed by atoms with Crippen LogP contribution in [-0.4, -0.2) is 24.9 Å². The monoisotopic (exact) mass is 405 g/mol. The predicted molar refractivity (Wildman–Crippen MR) is 89.8 cm³/mol. The van der Waals surface area contributed by atoms with Crippen LogP contribution in [0.5, 0.6) is 5.75 Å². The van der Waals surface area contributed by atoms with Crippen molar-refractivity contribution in [2.75, 3.05) is 19.0 Å². The zero-order valence-electron chi connectivity index (χ0n) is 11.9. The number of benzene rings is 1. The lowest BCUT2D eigenvalue weighted by Crippen LogP contribution is -2.29. The molecule has 112 valence electrons. The first-order chi connectivity index (χ1) is 9.62. The van der Waals surface area contributed by atoms with Gasteiger partial charge in [-0.15, -0.1) is 0 Å². The summed E-state index contributed by atoms with van der Waals surface area (Å²) in [5.74, 6) is 1.03. The van der Waals surface area contributed by atoms with Crippen LogP contribution >= 0.6 is 31.9 Å². The van der Waals surface area contributed by atoms with Crippen LogP contribution in [0.1, 0.15) is 36.5 Å². The van der Waals surface area contributed by atoms with Crippen LogP contribution in [0.4, 0.5) is 0 Å². The summed E-state index contributed by atoms with van der Waals surface area (Å²) in [4.78, 5) is 12.2. The van der Waals surface area contributed by atoms with Gasteiger partial charge in [-0.25, -0.2) is 0 Å². The molecule has 0 saturated carbocycles. The third kappa shape index (κ3) is 5.44. The number of hydrogen-bond acceptors (Lipinski definition) is 2. The van der Waals surface area contributed by atoms with Gasteiger partial charge in [-0.3, -0.25) is 4.79 Å². The van der Waals surface area contributed by atoms with E-state index in [1.807, 2.05) is 6.07 Å².